The van der Waals surface area contributed by atoms with Crippen LogP contribution in [0.2, 0.25) is 0 Å². The molecule has 0 spiro atoms. The molecule has 0 saturated carbocycles. The third-order valence-electron chi connectivity index (χ3n) is 3.31. The van der Waals surface area contributed by atoms with Crippen LogP contribution < -0.4 is 10.6 Å². The average Bonchev–Trinajstić information content (AvgIpc) is 2.67. The number of halogens is 1. The topological polar surface area (TPSA) is 84.3 Å². The standard InChI is InChI=1S/C13H16FN3O3/c14-9-3-4-11(12(8-9)17(19)20)13(18)16-10-2-1-6-15-7-5-10/h3-4,8,10,15H,1-2,5-7H2,(H,16,18). The van der Waals surface area contributed by atoms with Gasteiger partial charge in [-0.1, -0.05) is 0 Å². The molecule has 7 heteroatoms. The lowest BCUT2D eigenvalue weighted by molar-refractivity contribution is -0.385. The molecule has 1 aromatic carbocycles. The lowest BCUT2D eigenvalue weighted by atomic mass is 10.1. The second kappa shape index (κ2) is 6.42. The van der Waals surface area contributed by atoms with Crippen molar-refractivity contribution in [2.24, 2.45) is 0 Å². The molecular weight excluding hydrogens is 265 g/mol. The third kappa shape index (κ3) is 3.51. The van der Waals surface area contributed by atoms with Crippen molar-refractivity contribution >= 4 is 11.6 Å². The van der Waals surface area contributed by atoms with Gasteiger partial charge in [0.2, 0.25) is 0 Å². The predicted molar refractivity (Wildman–Crippen MR) is 71.0 cm³/mol. The van der Waals surface area contributed by atoms with E-state index in [4.69, 9.17) is 0 Å². The number of hydrogen-bond acceptors (Lipinski definition) is 4. The SMILES string of the molecule is O=C(NC1CCCNCC1)c1ccc(F)cc1[N+](=O)[O-]. The Kier molecular flexibility index (Phi) is 4.62. The Morgan fingerprint density at radius 2 is 2.20 bits per heavy atom. The maximum absolute atomic E-state index is 13.0. The lowest BCUT2D eigenvalue weighted by Gasteiger charge is -2.15. The molecule has 1 unspecified atom stereocenters. The molecule has 0 aliphatic carbocycles. The molecule has 1 amide bonds. The number of rotatable bonds is 3. The van der Waals surface area contributed by atoms with E-state index in [1.807, 2.05) is 0 Å². The fourth-order valence-corrected chi connectivity index (χ4v) is 2.27. The molecule has 6 nitrogen and oxygen atoms in total. The highest BCUT2D eigenvalue weighted by Crippen LogP contribution is 2.20. The molecule has 20 heavy (non-hydrogen) atoms. The van der Waals surface area contributed by atoms with Crippen molar-refractivity contribution in [2.75, 3.05) is 13.1 Å². The summed E-state index contributed by atoms with van der Waals surface area (Å²) in [6, 6.07) is 2.96. The number of nitrogens with zero attached hydrogens (tertiary/aromatic N) is 1. The van der Waals surface area contributed by atoms with E-state index in [0.717, 1.165) is 50.6 Å². The molecular formula is C13H16FN3O3. The summed E-state index contributed by atoms with van der Waals surface area (Å²) in [6.07, 6.45) is 2.55. The number of nitrogens with one attached hydrogen (secondary N) is 2. The molecule has 108 valence electrons. The van der Waals surface area contributed by atoms with E-state index < -0.39 is 22.3 Å². The van der Waals surface area contributed by atoms with Gasteiger partial charge in [-0.2, -0.15) is 0 Å². The zero-order chi connectivity index (χ0) is 14.5. The summed E-state index contributed by atoms with van der Waals surface area (Å²) in [5, 5.41) is 16.9. The molecule has 1 aliphatic heterocycles. The van der Waals surface area contributed by atoms with Gasteiger partial charge >= 0.3 is 0 Å². The third-order valence-corrected chi connectivity index (χ3v) is 3.31. The molecule has 2 N–H and O–H groups in total. The normalized spacial score (nSPS) is 19.1. The summed E-state index contributed by atoms with van der Waals surface area (Å²) in [7, 11) is 0. The number of nitro benzene ring substituents is 1. The molecule has 0 radical (unpaired) electrons. The Morgan fingerprint density at radius 1 is 1.40 bits per heavy atom. The highest BCUT2D eigenvalue weighted by molar-refractivity contribution is 5.98. The minimum absolute atomic E-state index is 0.0119. The maximum atomic E-state index is 13.0. The first-order valence-electron chi connectivity index (χ1n) is 6.53. The van der Waals surface area contributed by atoms with Crippen LogP contribution >= 0.6 is 0 Å². The Hall–Kier alpha value is -2.02. The van der Waals surface area contributed by atoms with Gasteiger partial charge in [-0.05, 0) is 44.5 Å². The molecule has 1 heterocycles. The van der Waals surface area contributed by atoms with Gasteiger partial charge in [0.1, 0.15) is 11.4 Å². The van der Waals surface area contributed by atoms with Crippen molar-refractivity contribution < 1.29 is 14.1 Å². The van der Waals surface area contributed by atoms with Gasteiger partial charge in [0, 0.05) is 6.04 Å². The number of carbonyl (C=O) groups excluding carboxylic acids is 1. The number of nitro groups is 1. The highest BCUT2D eigenvalue weighted by atomic mass is 19.1. The van der Waals surface area contributed by atoms with Crippen LogP contribution in [-0.2, 0) is 0 Å². The predicted octanol–water partition coefficient (Wildman–Crippen LogP) is 1.61. The Morgan fingerprint density at radius 3 is 2.95 bits per heavy atom. The Bertz CT molecular complexity index is 514. The number of benzene rings is 1. The second-order valence-electron chi connectivity index (χ2n) is 4.77. The van der Waals surface area contributed by atoms with Crippen LogP contribution in [0.3, 0.4) is 0 Å². The van der Waals surface area contributed by atoms with E-state index in [9.17, 15) is 19.3 Å². The van der Waals surface area contributed by atoms with Crippen molar-refractivity contribution in [2.45, 2.75) is 25.3 Å². The lowest BCUT2D eigenvalue weighted by Crippen LogP contribution is -2.35. The largest absolute Gasteiger partial charge is 0.349 e. The molecule has 2 rings (SSSR count). The van der Waals surface area contributed by atoms with Crippen LogP contribution in [0, 0.1) is 15.9 Å². The van der Waals surface area contributed by atoms with Gasteiger partial charge in [0.15, 0.2) is 0 Å². The Balaban J connectivity index is 2.14. The number of amides is 1. The van der Waals surface area contributed by atoms with Crippen molar-refractivity contribution in [1.29, 1.82) is 0 Å². The molecule has 1 aliphatic rings. The summed E-state index contributed by atoms with van der Waals surface area (Å²) in [5.74, 6) is -1.25. The molecule has 0 bridgehead atoms. The zero-order valence-corrected chi connectivity index (χ0v) is 10.9. The maximum Gasteiger partial charge on any atom is 0.285 e. The Labute approximate surface area is 115 Å². The van der Waals surface area contributed by atoms with E-state index >= 15 is 0 Å². The first kappa shape index (κ1) is 14.4. The van der Waals surface area contributed by atoms with Crippen molar-refractivity contribution in [3.63, 3.8) is 0 Å². The molecule has 1 fully saturated rings. The quantitative estimate of drug-likeness (QED) is 0.651. The summed E-state index contributed by atoms with van der Waals surface area (Å²) in [6.45, 7) is 1.71. The average molecular weight is 281 g/mol. The first-order valence-corrected chi connectivity index (χ1v) is 6.53. The minimum Gasteiger partial charge on any atom is -0.349 e. The van der Waals surface area contributed by atoms with Crippen LogP contribution in [0.4, 0.5) is 10.1 Å². The van der Waals surface area contributed by atoms with Gasteiger partial charge < -0.3 is 10.6 Å². The van der Waals surface area contributed by atoms with E-state index in [1.54, 1.807) is 0 Å². The summed E-state index contributed by atoms with van der Waals surface area (Å²) >= 11 is 0. The van der Waals surface area contributed by atoms with Gasteiger partial charge in [-0.25, -0.2) is 4.39 Å². The van der Waals surface area contributed by atoms with Gasteiger partial charge in [-0.3, -0.25) is 14.9 Å². The van der Waals surface area contributed by atoms with E-state index in [2.05, 4.69) is 10.6 Å². The van der Waals surface area contributed by atoms with Crippen LogP contribution in [0.25, 0.3) is 0 Å². The van der Waals surface area contributed by atoms with Crippen LogP contribution in [0.1, 0.15) is 29.6 Å². The summed E-state index contributed by atoms with van der Waals surface area (Å²) in [4.78, 5) is 22.2. The van der Waals surface area contributed by atoms with E-state index in [0.29, 0.717) is 0 Å². The summed E-state index contributed by atoms with van der Waals surface area (Å²) in [5.41, 5.74) is -0.608. The minimum atomic E-state index is -0.743. The van der Waals surface area contributed by atoms with Gasteiger partial charge in [0.05, 0.1) is 11.0 Å². The van der Waals surface area contributed by atoms with Crippen LogP contribution in [-0.4, -0.2) is 30.0 Å². The summed E-state index contributed by atoms with van der Waals surface area (Å²) < 4.78 is 13.0. The second-order valence-corrected chi connectivity index (χ2v) is 4.77. The smallest absolute Gasteiger partial charge is 0.285 e. The van der Waals surface area contributed by atoms with E-state index in [1.165, 1.54) is 0 Å². The van der Waals surface area contributed by atoms with Crippen LogP contribution in [0.15, 0.2) is 18.2 Å². The highest BCUT2D eigenvalue weighted by Gasteiger charge is 2.23. The fraction of sp³-hybridized carbons (Fsp3) is 0.462. The van der Waals surface area contributed by atoms with Crippen molar-refractivity contribution in [1.82, 2.24) is 10.6 Å². The van der Waals surface area contributed by atoms with E-state index in [-0.39, 0.29) is 11.6 Å². The molecule has 1 aromatic rings. The molecule has 0 aromatic heterocycles. The fourth-order valence-electron chi connectivity index (χ4n) is 2.27. The number of hydrogen-bond donors (Lipinski definition) is 2. The van der Waals surface area contributed by atoms with Gasteiger partial charge in [0.25, 0.3) is 11.6 Å². The monoisotopic (exact) mass is 281 g/mol. The van der Waals surface area contributed by atoms with Crippen molar-refractivity contribution in [3.8, 4) is 0 Å². The molecule has 1 atom stereocenters. The zero-order valence-electron chi connectivity index (χ0n) is 10.9. The van der Waals surface area contributed by atoms with Crippen LogP contribution in [0.5, 0.6) is 0 Å². The molecule has 1 saturated heterocycles. The van der Waals surface area contributed by atoms with Gasteiger partial charge in [-0.15, -0.1) is 0 Å². The number of carbonyl (C=O) groups is 1. The first-order chi connectivity index (χ1) is 9.58. The van der Waals surface area contributed by atoms with Crippen molar-refractivity contribution in [3.05, 3.63) is 39.7 Å².